The lowest BCUT2D eigenvalue weighted by Gasteiger charge is -2.16. The molecule has 168 valence electrons. The van der Waals surface area contributed by atoms with Crippen molar-refractivity contribution in [3.8, 4) is 0 Å². The van der Waals surface area contributed by atoms with E-state index in [0.717, 1.165) is 25.7 Å². The monoisotopic (exact) mass is 454 g/mol. The Bertz CT molecular complexity index is 1310. The molecule has 9 heteroatoms. The van der Waals surface area contributed by atoms with Crippen LogP contribution in [0.4, 0.5) is 5.69 Å². The lowest BCUT2D eigenvalue weighted by atomic mass is 10.1. The van der Waals surface area contributed by atoms with Gasteiger partial charge in [0.1, 0.15) is 0 Å². The van der Waals surface area contributed by atoms with Crippen LogP contribution in [0, 0.1) is 0 Å². The van der Waals surface area contributed by atoms with E-state index in [2.05, 4.69) is 10.4 Å². The molecule has 1 amide bonds. The molecule has 0 bridgehead atoms. The SMILES string of the molecule is CCCCn1nc(C(=O)Nc2cccc(S(=O)(=O)N3CCCC3)c2)c2ccccc2c1=O. The maximum Gasteiger partial charge on any atom is 0.276 e. The van der Waals surface area contributed by atoms with Crippen LogP contribution in [0.25, 0.3) is 10.8 Å². The van der Waals surface area contributed by atoms with Gasteiger partial charge in [0.05, 0.1) is 10.3 Å². The average molecular weight is 455 g/mol. The normalized spacial score (nSPS) is 14.7. The van der Waals surface area contributed by atoms with E-state index < -0.39 is 15.9 Å². The highest BCUT2D eigenvalue weighted by Gasteiger charge is 2.27. The minimum Gasteiger partial charge on any atom is -0.321 e. The number of fused-ring (bicyclic) bond motifs is 1. The summed E-state index contributed by atoms with van der Waals surface area (Å²) in [7, 11) is -3.60. The highest BCUT2D eigenvalue weighted by atomic mass is 32.2. The molecule has 4 rings (SSSR count). The van der Waals surface area contributed by atoms with Crippen LogP contribution >= 0.6 is 0 Å². The predicted molar refractivity (Wildman–Crippen MR) is 123 cm³/mol. The van der Waals surface area contributed by atoms with Crippen molar-refractivity contribution < 1.29 is 13.2 Å². The fraction of sp³-hybridized carbons (Fsp3) is 0.348. The van der Waals surface area contributed by atoms with Crippen LogP contribution < -0.4 is 10.9 Å². The number of aryl methyl sites for hydroxylation is 1. The number of amides is 1. The Labute approximate surface area is 186 Å². The summed E-state index contributed by atoms with van der Waals surface area (Å²) < 4.78 is 28.5. The molecule has 1 N–H and O–H groups in total. The van der Waals surface area contributed by atoms with Crippen molar-refractivity contribution in [1.29, 1.82) is 0 Å². The van der Waals surface area contributed by atoms with Crippen molar-refractivity contribution in [3.05, 3.63) is 64.6 Å². The molecule has 0 radical (unpaired) electrons. The summed E-state index contributed by atoms with van der Waals surface area (Å²) in [6, 6.07) is 13.1. The van der Waals surface area contributed by atoms with E-state index >= 15 is 0 Å². The van der Waals surface area contributed by atoms with Crippen LogP contribution in [-0.4, -0.2) is 41.5 Å². The summed E-state index contributed by atoms with van der Waals surface area (Å²) in [5, 5.41) is 7.98. The van der Waals surface area contributed by atoms with Crippen LogP contribution in [0.5, 0.6) is 0 Å². The number of anilines is 1. The third-order valence-corrected chi connectivity index (χ3v) is 7.50. The van der Waals surface area contributed by atoms with Crippen LogP contribution in [0.2, 0.25) is 0 Å². The van der Waals surface area contributed by atoms with Gasteiger partial charge in [-0.05, 0) is 43.5 Å². The van der Waals surface area contributed by atoms with Gasteiger partial charge in [0.15, 0.2) is 5.69 Å². The molecule has 1 aliphatic rings. The van der Waals surface area contributed by atoms with Gasteiger partial charge < -0.3 is 5.32 Å². The van der Waals surface area contributed by atoms with Crippen molar-refractivity contribution in [2.24, 2.45) is 0 Å². The Morgan fingerprint density at radius 3 is 2.50 bits per heavy atom. The number of aromatic nitrogens is 2. The van der Waals surface area contributed by atoms with E-state index in [9.17, 15) is 18.0 Å². The predicted octanol–water partition coefficient (Wildman–Crippen LogP) is 3.23. The summed E-state index contributed by atoms with van der Waals surface area (Å²) in [5.41, 5.74) is 0.251. The molecule has 1 saturated heterocycles. The number of unbranched alkanes of at least 4 members (excludes halogenated alkanes) is 1. The van der Waals surface area contributed by atoms with Crippen molar-refractivity contribution in [3.63, 3.8) is 0 Å². The molecule has 1 aliphatic heterocycles. The van der Waals surface area contributed by atoms with Crippen LogP contribution in [0.15, 0.2) is 58.2 Å². The third-order valence-electron chi connectivity index (χ3n) is 5.60. The zero-order chi connectivity index (χ0) is 22.7. The number of nitrogens with zero attached hydrogens (tertiary/aromatic N) is 3. The van der Waals surface area contributed by atoms with Crippen molar-refractivity contribution in [1.82, 2.24) is 14.1 Å². The molecule has 0 atom stereocenters. The van der Waals surface area contributed by atoms with E-state index in [4.69, 9.17) is 0 Å². The van der Waals surface area contributed by atoms with Gasteiger partial charge in [-0.3, -0.25) is 9.59 Å². The largest absolute Gasteiger partial charge is 0.321 e. The summed E-state index contributed by atoms with van der Waals surface area (Å²) in [4.78, 5) is 26.0. The highest BCUT2D eigenvalue weighted by molar-refractivity contribution is 7.89. The van der Waals surface area contributed by atoms with Gasteiger partial charge in [-0.2, -0.15) is 9.40 Å². The topological polar surface area (TPSA) is 101 Å². The second kappa shape index (κ2) is 9.22. The third kappa shape index (κ3) is 4.31. The average Bonchev–Trinajstić information content (AvgIpc) is 3.35. The smallest absolute Gasteiger partial charge is 0.276 e. The summed E-state index contributed by atoms with van der Waals surface area (Å²) in [6.07, 6.45) is 3.35. The quantitative estimate of drug-likeness (QED) is 0.591. The van der Waals surface area contributed by atoms with Gasteiger partial charge >= 0.3 is 0 Å². The molecule has 3 aromatic rings. The number of sulfonamides is 1. The zero-order valence-corrected chi connectivity index (χ0v) is 18.8. The number of hydrogen-bond acceptors (Lipinski definition) is 5. The molecule has 2 heterocycles. The van der Waals surface area contributed by atoms with Crippen LogP contribution in [0.3, 0.4) is 0 Å². The maximum absolute atomic E-state index is 13.1. The lowest BCUT2D eigenvalue weighted by Crippen LogP contribution is -2.28. The lowest BCUT2D eigenvalue weighted by molar-refractivity contribution is 0.102. The van der Waals surface area contributed by atoms with Gasteiger partial charge in [-0.15, -0.1) is 0 Å². The van der Waals surface area contributed by atoms with E-state index in [1.807, 2.05) is 6.92 Å². The molecular formula is C23H26N4O4S. The van der Waals surface area contributed by atoms with E-state index in [1.165, 1.54) is 21.1 Å². The number of hydrogen-bond donors (Lipinski definition) is 1. The molecular weight excluding hydrogens is 428 g/mol. The van der Waals surface area contributed by atoms with Gasteiger partial charge in [0.2, 0.25) is 10.0 Å². The first-order valence-corrected chi connectivity index (χ1v) is 12.3. The van der Waals surface area contributed by atoms with Crippen LogP contribution in [0.1, 0.15) is 43.1 Å². The van der Waals surface area contributed by atoms with Crippen molar-refractivity contribution in [2.45, 2.75) is 44.0 Å². The molecule has 1 fully saturated rings. The first-order valence-electron chi connectivity index (χ1n) is 10.8. The van der Waals surface area contributed by atoms with Crippen molar-refractivity contribution >= 4 is 32.4 Å². The zero-order valence-electron chi connectivity index (χ0n) is 18.0. The van der Waals surface area contributed by atoms with E-state index in [1.54, 1.807) is 36.4 Å². The Morgan fingerprint density at radius 2 is 1.78 bits per heavy atom. The standard InChI is InChI=1S/C23H26N4O4S/c1-2-3-15-27-23(29)20-12-5-4-11-19(20)21(25-27)22(28)24-17-9-8-10-18(16-17)32(30,31)26-13-6-7-14-26/h4-5,8-12,16H,2-3,6-7,13-15H2,1H3,(H,24,28). The van der Waals surface area contributed by atoms with E-state index in [0.29, 0.717) is 36.1 Å². The van der Waals surface area contributed by atoms with Crippen LogP contribution in [-0.2, 0) is 16.6 Å². The number of carbonyl (C=O) groups is 1. The second-order valence-corrected chi connectivity index (χ2v) is 9.81. The second-order valence-electron chi connectivity index (χ2n) is 7.87. The minimum absolute atomic E-state index is 0.129. The summed E-state index contributed by atoms with van der Waals surface area (Å²) >= 11 is 0. The van der Waals surface area contributed by atoms with E-state index in [-0.39, 0.29) is 16.1 Å². The first kappa shape index (κ1) is 22.2. The first-order chi connectivity index (χ1) is 15.4. The summed E-state index contributed by atoms with van der Waals surface area (Å²) in [5.74, 6) is -0.498. The molecule has 0 aliphatic carbocycles. The Kier molecular flexibility index (Phi) is 6.38. The summed E-state index contributed by atoms with van der Waals surface area (Å²) in [6.45, 7) is 3.45. The van der Waals surface area contributed by atoms with Crippen molar-refractivity contribution in [2.75, 3.05) is 18.4 Å². The Morgan fingerprint density at radius 1 is 1.06 bits per heavy atom. The molecule has 2 aromatic carbocycles. The number of benzene rings is 2. The van der Waals surface area contributed by atoms with Gasteiger partial charge in [-0.1, -0.05) is 37.6 Å². The molecule has 8 nitrogen and oxygen atoms in total. The Hall–Kier alpha value is -3.04. The molecule has 0 unspecified atom stereocenters. The molecule has 32 heavy (non-hydrogen) atoms. The fourth-order valence-corrected chi connectivity index (χ4v) is 5.43. The van der Waals surface area contributed by atoms with Gasteiger partial charge in [0.25, 0.3) is 11.5 Å². The van der Waals surface area contributed by atoms with Gasteiger partial charge in [0, 0.05) is 30.7 Å². The minimum atomic E-state index is -3.60. The Balaban J connectivity index is 1.67. The molecule has 0 spiro atoms. The highest BCUT2D eigenvalue weighted by Crippen LogP contribution is 2.24. The number of rotatable bonds is 7. The number of nitrogens with one attached hydrogen (secondary N) is 1. The van der Waals surface area contributed by atoms with Gasteiger partial charge in [-0.25, -0.2) is 13.1 Å². The molecule has 0 saturated carbocycles. The number of carbonyl (C=O) groups excluding carboxylic acids is 1. The molecule has 1 aromatic heterocycles. The maximum atomic E-state index is 13.1. The fourth-order valence-electron chi connectivity index (χ4n) is 3.86.